The largest absolute Gasteiger partial charge is 0.360 e. The molecule has 1 aromatic heterocycles. The SMILES string of the molecule is Cc1cc(C)cc(N/C=C2/C(=O)c3sccc3N(Cc3cccc(Cl)c3)S2(=O)=O)c1. The molecule has 4 rings (SSSR count). The maximum Gasteiger partial charge on any atom is 0.270 e. The van der Waals surface area contributed by atoms with Crippen LogP contribution < -0.4 is 9.62 Å². The van der Waals surface area contributed by atoms with Gasteiger partial charge >= 0.3 is 0 Å². The third kappa shape index (κ3) is 3.88. The highest BCUT2D eigenvalue weighted by atomic mass is 35.5. The first kappa shape index (κ1) is 20.7. The summed E-state index contributed by atoms with van der Waals surface area (Å²) in [7, 11) is -4.05. The number of anilines is 2. The Morgan fingerprint density at radius 2 is 1.83 bits per heavy atom. The molecule has 0 spiro atoms. The molecule has 0 aliphatic carbocycles. The summed E-state index contributed by atoms with van der Waals surface area (Å²) in [4.78, 5) is 13.1. The van der Waals surface area contributed by atoms with Crippen molar-refractivity contribution in [3.63, 3.8) is 0 Å². The van der Waals surface area contributed by atoms with Gasteiger partial charge in [-0.25, -0.2) is 8.42 Å². The number of thiophene rings is 1. The zero-order chi connectivity index (χ0) is 21.5. The Balaban J connectivity index is 1.75. The molecule has 3 aromatic rings. The van der Waals surface area contributed by atoms with Gasteiger partial charge < -0.3 is 5.32 Å². The minimum Gasteiger partial charge on any atom is -0.360 e. The van der Waals surface area contributed by atoms with Crippen molar-refractivity contribution >= 4 is 50.1 Å². The van der Waals surface area contributed by atoms with E-state index in [2.05, 4.69) is 5.32 Å². The average Bonchev–Trinajstić information content (AvgIpc) is 3.14. The van der Waals surface area contributed by atoms with Gasteiger partial charge in [0.05, 0.1) is 12.2 Å². The van der Waals surface area contributed by atoms with E-state index in [4.69, 9.17) is 11.6 Å². The molecule has 1 aliphatic heterocycles. The third-order valence-electron chi connectivity index (χ3n) is 4.72. The number of benzene rings is 2. The summed E-state index contributed by atoms with van der Waals surface area (Å²) in [6.07, 6.45) is 1.29. The Morgan fingerprint density at radius 1 is 1.10 bits per heavy atom. The first-order valence-electron chi connectivity index (χ1n) is 9.20. The number of ketones is 1. The van der Waals surface area contributed by atoms with Crippen molar-refractivity contribution in [1.29, 1.82) is 0 Å². The Bertz CT molecular complexity index is 1260. The summed E-state index contributed by atoms with van der Waals surface area (Å²) >= 11 is 7.30. The number of allylic oxidation sites excluding steroid dienone is 1. The van der Waals surface area contributed by atoms with Crippen LogP contribution >= 0.6 is 22.9 Å². The number of Topliss-reactive ketones (excluding diaryl/α,β-unsaturated/α-hetero) is 1. The van der Waals surface area contributed by atoms with Crippen molar-refractivity contribution in [3.05, 3.63) is 91.6 Å². The number of aryl methyl sites for hydroxylation is 2. The predicted octanol–water partition coefficient (Wildman–Crippen LogP) is 5.50. The van der Waals surface area contributed by atoms with Crippen molar-refractivity contribution in [2.75, 3.05) is 9.62 Å². The van der Waals surface area contributed by atoms with Crippen LogP contribution in [0, 0.1) is 13.8 Å². The summed E-state index contributed by atoms with van der Waals surface area (Å²) in [5.41, 5.74) is 3.93. The number of carbonyl (C=O) groups excluding carboxylic acids is 1. The number of carbonyl (C=O) groups is 1. The zero-order valence-corrected chi connectivity index (χ0v) is 18.7. The van der Waals surface area contributed by atoms with Gasteiger partial charge in [-0.05, 0) is 66.2 Å². The average molecular weight is 459 g/mol. The molecule has 0 fully saturated rings. The molecule has 0 bridgehead atoms. The van der Waals surface area contributed by atoms with E-state index >= 15 is 0 Å². The molecule has 0 saturated carbocycles. The van der Waals surface area contributed by atoms with Gasteiger partial charge in [0.2, 0.25) is 5.78 Å². The molecule has 0 amide bonds. The molecule has 0 unspecified atom stereocenters. The second kappa shape index (κ2) is 7.91. The van der Waals surface area contributed by atoms with Crippen LogP contribution in [-0.2, 0) is 16.6 Å². The van der Waals surface area contributed by atoms with Crippen LogP contribution in [0.2, 0.25) is 5.02 Å². The number of nitrogens with zero attached hydrogens (tertiary/aromatic N) is 1. The minimum absolute atomic E-state index is 0.0841. The van der Waals surface area contributed by atoms with E-state index in [0.717, 1.165) is 22.4 Å². The molecule has 0 saturated heterocycles. The number of fused-ring (bicyclic) bond motifs is 1. The van der Waals surface area contributed by atoms with E-state index < -0.39 is 15.8 Å². The molecule has 0 radical (unpaired) electrons. The van der Waals surface area contributed by atoms with Crippen molar-refractivity contribution in [3.8, 4) is 0 Å². The number of hydrogen-bond acceptors (Lipinski definition) is 5. The van der Waals surface area contributed by atoms with Gasteiger partial charge in [-0.1, -0.05) is 29.8 Å². The topological polar surface area (TPSA) is 66.5 Å². The number of nitrogens with one attached hydrogen (secondary N) is 1. The lowest BCUT2D eigenvalue weighted by Crippen LogP contribution is -2.38. The van der Waals surface area contributed by atoms with Crippen LogP contribution in [0.15, 0.2) is 65.0 Å². The maximum atomic E-state index is 13.4. The summed E-state index contributed by atoms with van der Waals surface area (Å²) in [5, 5.41) is 5.24. The van der Waals surface area contributed by atoms with Gasteiger partial charge in [0.25, 0.3) is 10.0 Å². The van der Waals surface area contributed by atoms with Crippen LogP contribution in [0.3, 0.4) is 0 Å². The van der Waals surface area contributed by atoms with Crippen molar-refractivity contribution in [1.82, 2.24) is 0 Å². The normalized spacial score (nSPS) is 16.6. The highest BCUT2D eigenvalue weighted by Gasteiger charge is 2.41. The van der Waals surface area contributed by atoms with Crippen LogP contribution in [0.4, 0.5) is 11.4 Å². The van der Waals surface area contributed by atoms with E-state index in [0.29, 0.717) is 15.6 Å². The fourth-order valence-corrected chi connectivity index (χ4v) is 6.16. The lowest BCUT2D eigenvalue weighted by atomic mass is 10.1. The fraction of sp³-hybridized carbons (Fsp3) is 0.136. The fourth-order valence-electron chi connectivity index (χ4n) is 3.46. The summed E-state index contributed by atoms with van der Waals surface area (Å²) in [6, 6.07) is 14.5. The standard InChI is InChI=1S/C22H19ClN2O3S2/c1-14-8-15(2)10-18(9-14)24-12-20-21(26)22-19(6-7-29-22)25(30(20,27)28)13-16-4-3-5-17(23)11-16/h3-12,24H,13H2,1-2H3/b20-12-. The van der Waals surface area contributed by atoms with E-state index in [1.807, 2.05) is 32.0 Å². The zero-order valence-electron chi connectivity index (χ0n) is 16.3. The first-order chi connectivity index (χ1) is 14.3. The predicted molar refractivity (Wildman–Crippen MR) is 123 cm³/mol. The molecule has 0 atom stereocenters. The molecule has 8 heteroatoms. The van der Waals surface area contributed by atoms with Crippen molar-refractivity contribution in [2.45, 2.75) is 20.4 Å². The summed E-state index contributed by atoms with van der Waals surface area (Å²) in [5.74, 6) is -0.501. The summed E-state index contributed by atoms with van der Waals surface area (Å²) in [6.45, 7) is 4.00. The molecular formula is C22H19ClN2O3S2. The van der Waals surface area contributed by atoms with E-state index in [1.54, 1.807) is 35.7 Å². The van der Waals surface area contributed by atoms with Gasteiger partial charge in [0, 0.05) is 16.9 Å². The van der Waals surface area contributed by atoms with Crippen molar-refractivity contribution in [2.24, 2.45) is 0 Å². The van der Waals surface area contributed by atoms with Crippen LogP contribution in [-0.4, -0.2) is 14.2 Å². The number of rotatable bonds is 4. The smallest absolute Gasteiger partial charge is 0.270 e. The number of hydrogen-bond donors (Lipinski definition) is 1. The molecule has 2 aromatic carbocycles. The Morgan fingerprint density at radius 3 is 2.53 bits per heavy atom. The Hall–Kier alpha value is -2.61. The quantitative estimate of drug-likeness (QED) is 0.524. The lowest BCUT2D eigenvalue weighted by Gasteiger charge is -2.29. The van der Waals surface area contributed by atoms with Gasteiger partial charge in [-0.15, -0.1) is 11.3 Å². The number of halogens is 1. The van der Waals surface area contributed by atoms with E-state index in [1.165, 1.54) is 21.8 Å². The minimum atomic E-state index is -4.05. The molecule has 1 aliphatic rings. The van der Waals surface area contributed by atoms with E-state index in [-0.39, 0.29) is 11.4 Å². The monoisotopic (exact) mass is 458 g/mol. The van der Waals surface area contributed by atoms with Crippen molar-refractivity contribution < 1.29 is 13.2 Å². The van der Waals surface area contributed by atoms with Crippen LogP contribution in [0.25, 0.3) is 0 Å². The van der Waals surface area contributed by atoms with Gasteiger partial charge in [-0.3, -0.25) is 9.10 Å². The lowest BCUT2D eigenvalue weighted by molar-refractivity contribution is 0.104. The van der Waals surface area contributed by atoms with Gasteiger partial charge in [0.15, 0.2) is 4.91 Å². The molecule has 2 heterocycles. The molecule has 1 N–H and O–H groups in total. The molecule has 154 valence electrons. The maximum absolute atomic E-state index is 13.4. The van der Waals surface area contributed by atoms with E-state index in [9.17, 15) is 13.2 Å². The molecule has 30 heavy (non-hydrogen) atoms. The second-order valence-corrected chi connectivity index (χ2v) is 10.3. The van der Waals surface area contributed by atoms with Crippen LogP contribution in [0.5, 0.6) is 0 Å². The van der Waals surface area contributed by atoms with Crippen LogP contribution in [0.1, 0.15) is 26.4 Å². The Kier molecular flexibility index (Phi) is 5.44. The highest BCUT2D eigenvalue weighted by molar-refractivity contribution is 7.97. The molecule has 5 nitrogen and oxygen atoms in total. The van der Waals surface area contributed by atoms with Gasteiger partial charge in [-0.2, -0.15) is 0 Å². The van der Waals surface area contributed by atoms with Gasteiger partial charge in [0.1, 0.15) is 4.88 Å². The molecular weight excluding hydrogens is 440 g/mol. The first-order valence-corrected chi connectivity index (χ1v) is 11.9. The second-order valence-electron chi connectivity index (χ2n) is 7.14. The third-order valence-corrected chi connectivity index (χ3v) is 7.62. The Labute approximate surface area is 184 Å². The summed E-state index contributed by atoms with van der Waals surface area (Å²) < 4.78 is 28.1. The number of sulfonamides is 1. The highest BCUT2D eigenvalue weighted by Crippen LogP contribution is 2.39.